The van der Waals surface area contributed by atoms with E-state index in [4.69, 9.17) is 14.6 Å². The molecule has 0 spiro atoms. The summed E-state index contributed by atoms with van der Waals surface area (Å²) in [6.45, 7) is 3.22. The summed E-state index contributed by atoms with van der Waals surface area (Å²) >= 11 is 0. The molecule has 1 N–H and O–H groups in total. The van der Waals surface area contributed by atoms with E-state index < -0.39 is 5.97 Å². The highest BCUT2D eigenvalue weighted by molar-refractivity contribution is 5.94. The number of rotatable bonds is 7. The molecule has 0 radical (unpaired) electrons. The maximum Gasteiger partial charge on any atom is 0.323 e. The van der Waals surface area contributed by atoms with Crippen LogP contribution in [0.5, 0.6) is 5.75 Å². The van der Waals surface area contributed by atoms with Crippen LogP contribution in [0.2, 0.25) is 0 Å². The Labute approximate surface area is 141 Å². The molecule has 1 amide bonds. The molecule has 1 aromatic rings. The Kier molecular flexibility index (Phi) is 6.81. The third-order valence-corrected chi connectivity index (χ3v) is 3.84. The molecular weight excluding hydrogens is 310 g/mol. The highest BCUT2D eigenvalue weighted by Crippen LogP contribution is 2.20. The van der Waals surface area contributed by atoms with Gasteiger partial charge in [0.1, 0.15) is 12.3 Å². The van der Waals surface area contributed by atoms with Crippen LogP contribution in [-0.4, -0.2) is 54.3 Å². The average molecular weight is 333 g/mol. The Hall–Kier alpha value is -2.34. The van der Waals surface area contributed by atoms with E-state index in [1.54, 1.807) is 6.08 Å². The number of para-hydroxylation sites is 1. The van der Waals surface area contributed by atoms with Crippen LogP contribution >= 0.6 is 0 Å². The normalized spacial score (nSPS) is 15.4. The van der Waals surface area contributed by atoms with Crippen molar-refractivity contribution in [2.24, 2.45) is 0 Å². The maximum atomic E-state index is 12.5. The highest BCUT2D eigenvalue weighted by Gasteiger charge is 2.26. The molecule has 130 valence electrons. The number of benzene rings is 1. The molecule has 24 heavy (non-hydrogen) atoms. The minimum atomic E-state index is -1.02. The van der Waals surface area contributed by atoms with Crippen LogP contribution in [0.25, 0.3) is 6.08 Å². The molecule has 0 aromatic heterocycles. The number of ether oxygens (including phenoxy) is 2. The molecule has 1 aliphatic rings. The summed E-state index contributed by atoms with van der Waals surface area (Å²) in [5.74, 6) is -0.631. The molecule has 0 saturated carbocycles. The number of carboxylic acid groups (broad SMARTS) is 1. The number of carbonyl (C=O) groups is 2. The van der Waals surface area contributed by atoms with Crippen LogP contribution in [0.3, 0.4) is 0 Å². The Balaban J connectivity index is 2.12. The van der Waals surface area contributed by atoms with Gasteiger partial charge in [-0.3, -0.25) is 9.59 Å². The first kappa shape index (κ1) is 18.0. The van der Waals surface area contributed by atoms with Crippen LogP contribution in [0.15, 0.2) is 30.3 Å². The van der Waals surface area contributed by atoms with Gasteiger partial charge in [-0.05, 0) is 31.9 Å². The van der Waals surface area contributed by atoms with Crippen LogP contribution < -0.4 is 4.74 Å². The monoisotopic (exact) mass is 333 g/mol. The lowest BCUT2D eigenvalue weighted by molar-refractivity contribution is -0.145. The first-order valence-corrected chi connectivity index (χ1v) is 8.12. The summed E-state index contributed by atoms with van der Waals surface area (Å²) in [6.07, 6.45) is 4.39. The molecule has 2 rings (SSSR count). The molecule has 1 fully saturated rings. The van der Waals surface area contributed by atoms with E-state index in [1.165, 1.54) is 11.0 Å². The van der Waals surface area contributed by atoms with Gasteiger partial charge in [-0.15, -0.1) is 0 Å². The zero-order chi connectivity index (χ0) is 17.4. The van der Waals surface area contributed by atoms with Crippen molar-refractivity contribution in [3.8, 4) is 5.75 Å². The minimum Gasteiger partial charge on any atom is -0.493 e. The Morgan fingerprint density at radius 2 is 2.04 bits per heavy atom. The van der Waals surface area contributed by atoms with Crippen molar-refractivity contribution in [3.05, 3.63) is 35.9 Å². The predicted molar refractivity (Wildman–Crippen MR) is 89.8 cm³/mol. The summed E-state index contributed by atoms with van der Waals surface area (Å²) in [7, 11) is 0. The Morgan fingerprint density at radius 1 is 1.33 bits per heavy atom. The van der Waals surface area contributed by atoms with E-state index in [1.807, 2.05) is 31.2 Å². The topological polar surface area (TPSA) is 76.1 Å². The lowest BCUT2D eigenvalue weighted by atomic mass is 10.1. The smallest absolute Gasteiger partial charge is 0.323 e. The lowest BCUT2D eigenvalue weighted by Gasteiger charge is -2.32. The fourth-order valence-corrected chi connectivity index (χ4v) is 2.69. The quantitative estimate of drug-likeness (QED) is 0.774. The third-order valence-electron chi connectivity index (χ3n) is 3.84. The van der Waals surface area contributed by atoms with Crippen molar-refractivity contribution >= 4 is 18.0 Å². The van der Waals surface area contributed by atoms with Crippen molar-refractivity contribution < 1.29 is 24.2 Å². The van der Waals surface area contributed by atoms with Crippen molar-refractivity contribution in [2.75, 3.05) is 26.4 Å². The van der Waals surface area contributed by atoms with Gasteiger partial charge >= 0.3 is 5.97 Å². The predicted octanol–water partition coefficient (Wildman–Crippen LogP) is 2.19. The number of carboxylic acids is 1. The van der Waals surface area contributed by atoms with Crippen LogP contribution in [0.4, 0.5) is 0 Å². The van der Waals surface area contributed by atoms with E-state index >= 15 is 0 Å². The Morgan fingerprint density at radius 3 is 2.71 bits per heavy atom. The summed E-state index contributed by atoms with van der Waals surface area (Å²) in [4.78, 5) is 25.0. The Bertz CT molecular complexity index is 593. The molecule has 1 heterocycles. The molecule has 1 aliphatic heterocycles. The minimum absolute atomic E-state index is 0.103. The van der Waals surface area contributed by atoms with Crippen molar-refractivity contribution in [1.29, 1.82) is 0 Å². The molecule has 6 nitrogen and oxygen atoms in total. The number of amides is 1. The first-order chi connectivity index (χ1) is 11.6. The number of carbonyl (C=O) groups excluding carboxylic acids is 1. The number of hydrogen-bond acceptors (Lipinski definition) is 4. The maximum absolute atomic E-state index is 12.5. The van der Waals surface area contributed by atoms with Gasteiger partial charge < -0.3 is 19.5 Å². The molecule has 0 atom stereocenters. The van der Waals surface area contributed by atoms with Crippen LogP contribution in [0.1, 0.15) is 25.3 Å². The van der Waals surface area contributed by atoms with Crippen molar-refractivity contribution in [3.63, 3.8) is 0 Å². The van der Waals surface area contributed by atoms with Gasteiger partial charge in [-0.2, -0.15) is 0 Å². The summed E-state index contributed by atoms with van der Waals surface area (Å²) in [5.41, 5.74) is 0.787. The largest absolute Gasteiger partial charge is 0.493 e. The standard InChI is InChI=1S/C18H23NO5/c1-2-24-16-6-4-3-5-14(16)7-8-17(20)19(13-18(21)22)15-9-11-23-12-10-15/h3-8,15H,2,9-13H2,1H3,(H,21,22)/b8-7+. The van der Waals surface area contributed by atoms with Gasteiger partial charge in [0.2, 0.25) is 5.91 Å². The number of aliphatic carboxylic acids is 1. The summed E-state index contributed by atoms with van der Waals surface area (Å²) < 4.78 is 10.8. The zero-order valence-corrected chi connectivity index (χ0v) is 13.8. The molecule has 0 bridgehead atoms. The first-order valence-electron chi connectivity index (χ1n) is 8.12. The molecule has 1 aromatic carbocycles. The lowest BCUT2D eigenvalue weighted by Crippen LogP contribution is -2.45. The molecular formula is C18H23NO5. The molecule has 1 saturated heterocycles. The fourth-order valence-electron chi connectivity index (χ4n) is 2.69. The highest BCUT2D eigenvalue weighted by atomic mass is 16.5. The second kappa shape index (κ2) is 9.08. The second-order valence-electron chi connectivity index (χ2n) is 5.51. The zero-order valence-electron chi connectivity index (χ0n) is 13.8. The van der Waals surface area contributed by atoms with E-state index in [0.29, 0.717) is 38.4 Å². The van der Waals surface area contributed by atoms with Gasteiger partial charge in [0.15, 0.2) is 0 Å². The third kappa shape index (κ3) is 5.09. The van der Waals surface area contributed by atoms with Crippen molar-refractivity contribution in [1.82, 2.24) is 4.90 Å². The number of nitrogens with zero attached hydrogens (tertiary/aromatic N) is 1. The average Bonchev–Trinajstić information content (AvgIpc) is 2.59. The molecule has 6 heteroatoms. The van der Waals surface area contributed by atoms with E-state index in [0.717, 1.165) is 5.56 Å². The number of hydrogen-bond donors (Lipinski definition) is 1. The molecule has 0 unspecified atom stereocenters. The van der Waals surface area contributed by atoms with Gasteiger partial charge in [0.25, 0.3) is 0 Å². The van der Waals surface area contributed by atoms with E-state index in [9.17, 15) is 9.59 Å². The fraction of sp³-hybridized carbons (Fsp3) is 0.444. The second-order valence-corrected chi connectivity index (χ2v) is 5.51. The van der Waals surface area contributed by atoms with Gasteiger partial charge in [0.05, 0.1) is 6.61 Å². The van der Waals surface area contributed by atoms with Gasteiger partial charge in [-0.1, -0.05) is 18.2 Å². The summed E-state index contributed by atoms with van der Waals surface area (Å²) in [6, 6.07) is 7.31. The van der Waals surface area contributed by atoms with Gasteiger partial charge in [0, 0.05) is 30.9 Å². The van der Waals surface area contributed by atoms with E-state index in [-0.39, 0.29) is 18.5 Å². The van der Waals surface area contributed by atoms with Crippen LogP contribution in [-0.2, 0) is 14.3 Å². The summed E-state index contributed by atoms with van der Waals surface area (Å²) in [5, 5.41) is 9.09. The molecule has 0 aliphatic carbocycles. The SMILES string of the molecule is CCOc1ccccc1/C=C/C(=O)N(CC(=O)O)C1CCOCC1. The van der Waals surface area contributed by atoms with Crippen LogP contribution in [0, 0.1) is 0 Å². The van der Waals surface area contributed by atoms with Gasteiger partial charge in [-0.25, -0.2) is 0 Å². The van der Waals surface area contributed by atoms with E-state index in [2.05, 4.69) is 0 Å². The van der Waals surface area contributed by atoms with Crippen molar-refractivity contribution in [2.45, 2.75) is 25.8 Å².